The molecular formula is C18H22FN3O2. The Labute approximate surface area is 140 Å². The lowest BCUT2D eigenvalue weighted by atomic mass is 10.1. The van der Waals surface area contributed by atoms with E-state index in [1.165, 1.54) is 6.07 Å². The van der Waals surface area contributed by atoms with Crippen molar-refractivity contribution in [2.45, 2.75) is 13.0 Å². The molecule has 2 aromatic rings. The van der Waals surface area contributed by atoms with Gasteiger partial charge in [-0.3, -0.25) is 9.69 Å². The van der Waals surface area contributed by atoms with Crippen molar-refractivity contribution in [3.63, 3.8) is 0 Å². The molecule has 3 rings (SSSR count). The first kappa shape index (κ1) is 16.7. The fraction of sp³-hybridized carbons (Fsp3) is 0.389. The molecule has 128 valence electrons. The third-order valence-corrected chi connectivity index (χ3v) is 4.26. The number of halogens is 1. The lowest BCUT2D eigenvalue weighted by Crippen LogP contribution is -2.50. The lowest BCUT2D eigenvalue weighted by molar-refractivity contribution is 0.0553. The molecule has 1 N–H and O–H groups in total. The summed E-state index contributed by atoms with van der Waals surface area (Å²) < 4.78 is 16.0. The standard InChI is InChI=1S/C18H22FN3O2/c1-14(23)13-20-8-10-22(11-9-20)18(24)15-4-5-17(16(19)12-15)21-6-2-3-7-21/h2-7,12,14,23H,8-11,13H2,1H3/t14-/m1/s1. The van der Waals surface area contributed by atoms with Gasteiger partial charge in [0.1, 0.15) is 5.82 Å². The Morgan fingerprint density at radius 3 is 2.46 bits per heavy atom. The molecule has 24 heavy (non-hydrogen) atoms. The van der Waals surface area contributed by atoms with Gasteiger partial charge >= 0.3 is 0 Å². The second kappa shape index (κ2) is 7.15. The molecule has 0 spiro atoms. The zero-order valence-corrected chi connectivity index (χ0v) is 13.7. The van der Waals surface area contributed by atoms with E-state index in [0.717, 1.165) is 13.1 Å². The van der Waals surface area contributed by atoms with Crippen LogP contribution in [-0.4, -0.2) is 64.2 Å². The van der Waals surface area contributed by atoms with Crippen LogP contribution in [0.15, 0.2) is 42.7 Å². The monoisotopic (exact) mass is 331 g/mol. The number of nitrogens with zero attached hydrogens (tertiary/aromatic N) is 3. The minimum atomic E-state index is -0.412. The maximum Gasteiger partial charge on any atom is 0.254 e. The molecule has 1 aliphatic rings. The average Bonchev–Trinajstić information content (AvgIpc) is 3.08. The minimum absolute atomic E-state index is 0.148. The molecule has 0 radical (unpaired) electrons. The number of piperazine rings is 1. The molecule has 0 aliphatic carbocycles. The predicted molar refractivity (Wildman–Crippen MR) is 89.8 cm³/mol. The first-order valence-electron chi connectivity index (χ1n) is 8.17. The fourth-order valence-electron chi connectivity index (χ4n) is 3.03. The summed E-state index contributed by atoms with van der Waals surface area (Å²) in [6.45, 7) is 5.00. The van der Waals surface area contributed by atoms with Crippen LogP contribution in [0.3, 0.4) is 0 Å². The van der Waals surface area contributed by atoms with Crippen LogP contribution in [0.2, 0.25) is 0 Å². The number of carbonyl (C=O) groups is 1. The molecule has 1 saturated heterocycles. The SMILES string of the molecule is C[C@@H](O)CN1CCN(C(=O)c2ccc(-n3cccc3)c(F)c2)CC1. The number of benzene rings is 1. The highest BCUT2D eigenvalue weighted by atomic mass is 19.1. The molecule has 1 fully saturated rings. The van der Waals surface area contributed by atoms with Gasteiger partial charge in [0.15, 0.2) is 0 Å². The van der Waals surface area contributed by atoms with Gasteiger partial charge in [0, 0.05) is 50.7 Å². The minimum Gasteiger partial charge on any atom is -0.392 e. The highest BCUT2D eigenvalue weighted by Gasteiger charge is 2.23. The van der Waals surface area contributed by atoms with Crippen molar-refractivity contribution in [2.24, 2.45) is 0 Å². The molecule has 1 atom stereocenters. The molecule has 0 saturated carbocycles. The first-order valence-corrected chi connectivity index (χ1v) is 8.17. The Morgan fingerprint density at radius 1 is 1.21 bits per heavy atom. The van der Waals surface area contributed by atoms with Gasteiger partial charge in [-0.15, -0.1) is 0 Å². The Hall–Kier alpha value is -2.18. The largest absolute Gasteiger partial charge is 0.392 e. The van der Waals surface area contributed by atoms with E-state index in [0.29, 0.717) is 30.9 Å². The number of rotatable bonds is 4. The summed E-state index contributed by atoms with van der Waals surface area (Å²) in [5, 5.41) is 9.43. The lowest BCUT2D eigenvalue weighted by Gasteiger charge is -2.35. The van der Waals surface area contributed by atoms with E-state index >= 15 is 0 Å². The van der Waals surface area contributed by atoms with Gasteiger partial charge in [0.2, 0.25) is 0 Å². The van der Waals surface area contributed by atoms with Crippen LogP contribution in [0.4, 0.5) is 4.39 Å². The van der Waals surface area contributed by atoms with Crippen molar-refractivity contribution in [3.05, 3.63) is 54.1 Å². The van der Waals surface area contributed by atoms with Gasteiger partial charge in [-0.2, -0.15) is 0 Å². The number of aliphatic hydroxyl groups is 1. The summed E-state index contributed by atoms with van der Waals surface area (Å²) in [5.74, 6) is -0.561. The topological polar surface area (TPSA) is 48.7 Å². The molecule has 2 heterocycles. The predicted octanol–water partition coefficient (Wildman–Crippen LogP) is 1.75. The molecule has 5 nitrogen and oxygen atoms in total. The molecule has 1 aliphatic heterocycles. The maximum atomic E-state index is 14.3. The van der Waals surface area contributed by atoms with Crippen molar-refractivity contribution in [1.82, 2.24) is 14.4 Å². The Kier molecular flexibility index (Phi) is 4.97. The molecular weight excluding hydrogens is 309 g/mol. The van der Waals surface area contributed by atoms with Gasteiger partial charge in [-0.05, 0) is 37.3 Å². The van der Waals surface area contributed by atoms with E-state index in [9.17, 15) is 14.3 Å². The van der Waals surface area contributed by atoms with Gasteiger partial charge in [-0.1, -0.05) is 0 Å². The van der Waals surface area contributed by atoms with E-state index in [1.54, 1.807) is 40.9 Å². The molecule has 0 unspecified atom stereocenters. The van der Waals surface area contributed by atoms with Gasteiger partial charge in [-0.25, -0.2) is 4.39 Å². The summed E-state index contributed by atoms with van der Waals surface area (Å²) >= 11 is 0. The second-order valence-electron chi connectivity index (χ2n) is 6.20. The van der Waals surface area contributed by atoms with Crippen LogP contribution in [0, 0.1) is 5.82 Å². The smallest absolute Gasteiger partial charge is 0.254 e. The average molecular weight is 331 g/mol. The summed E-state index contributed by atoms with van der Waals surface area (Å²) in [6.07, 6.45) is 3.16. The second-order valence-corrected chi connectivity index (χ2v) is 6.20. The van der Waals surface area contributed by atoms with Crippen molar-refractivity contribution in [2.75, 3.05) is 32.7 Å². The zero-order valence-electron chi connectivity index (χ0n) is 13.7. The van der Waals surface area contributed by atoms with Gasteiger partial charge < -0.3 is 14.6 Å². The Bertz CT molecular complexity index is 692. The number of β-amino-alcohol motifs (C(OH)–C–C–N with tert-alkyl or cyclic N) is 1. The number of hydrogen-bond donors (Lipinski definition) is 1. The first-order chi connectivity index (χ1) is 11.5. The number of amides is 1. The third kappa shape index (κ3) is 3.66. The van der Waals surface area contributed by atoms with E-state index < -0.39 is 5.82 Å². The van der Waals surface area contributed by atoms with E-state index in [-0.39, 0.29) is 12.0 Å². The summed E-state index contributed by atoms with van der Waals surface area (Å²) in [4.78, 5) is 16.4. The number of aromatic nitrogens is 1. The highest BCUT2D eigenvalue weighted by molar-refractivity contribution is 5.94. The zero-order chi connectivity index (χ0) is 17.1. The van der Waals surface area contributed by atoms with Crippen molar-refractivity contribution in [1.29, 1.82) is 0 Å². The van der Waals surface area contributed by atoms with Crippen LogP contribution >= 0.6 is 0 Å². The molecule has 1 aromatic heterocycles. The molecule has 0 bridgehead atoms. The number of carbonyl (C=O) groups excluding carboxylic acids is 1. The highest BCUT2D eigenvalue weighted by Crippen LogP contribution is 2.17. The number of aliphatic hydroxyl groups excluding tert-OH is 1. The fourth-order valence-corrected chi connectivity index (χ4v) is 3.03. The van der Waals surface area contributed by atoms with Crippen LogP contribution in [0.25, 0.3) is 5.69 Å². The molecule has 6 heteroatoms. The van der Waals surface area contributed by atoms with Gasteiger partial charge in [0.05, 0.1) is 11.8 Å². The van der Waals surface area contributed by atoms with Crippen LogP contribution in [-0.2, 0) is 0 Å². The Balaban J connectivity index is 1.67. The maximum absolute atomic E-state index is 14.3. The summed E-state index contributed by atoms with van der Waals surface area (Å²) in [5.41, 5.74) is 0.797. The quantitative estimate of drug-likeness (QED) is 0.929. The van der Waals surface area contributed by atoms with Crippen molar-refractivity contribution < 1.29 is 14.3 Å². The third-order valence-electron chi connectivity index (χ3n) is 4.26. The van der Waals surface area contributed by atoms with Crippen LogP contribution < -0.4 is 0 Å². The number of hydrogen-bond acceptors (Lipinski definition) is 3. The Morgan fingerprint density at radius 2 is 1.88 bits per heavy atom. The molecule has 1 aromatic carbocycles. The van der Waals surface area contributed by atoms with E-state index in [2.05, 4.69) is 4.90 Å². The van der Waals surface area contributed by atoms with E-state index in [4.69, 9.17) is 0 Å². The van der Waals surface area contributed by atoms with Crippen molar-refractivity contribution >= 4 is 5.91 Å². The van der Waals surface area contributed by atoms with Gasteiger partial charge in [0.25, 0.3) is 5.91 Å². The van der Waals surface area contributed by atoms with Crippen LogP contribution in [0.1, 0.15) is 17.3 Å². The summed E-state index contributed by atoms with van der Waals surface area (Å²) in [6, 6.07) is 8.26. The normalized spacial score (nSPS) is 17.0. The molecule has 1 amide bonds. The van der Waals surface area contributed by atoms with E-state index in [1.807, 2.05) is 12.1 Å². The van der Waals surface area contributed by atoms with Crippen LogP contribution in [0.5, 0.6) is 0 Å². The summed E-state index contributed by atoms with van der Waals surface area (Å²) in [7, 11) is 0. The van der Waals surface area contributed by atoms with Crippen molar-refractivity contribution in [3.8, 4) is 5.69 Å².